The monoisotopic (exact) mass is 299 g/mol. The fourth-order valence-corrected chi connectivity index (χ4v) is 2.30. The van der Waals surface area contributed by atoms with Crippen molar-refractivity contribution in [2.24, 2.45) is 5.73 Å². The summed E-state index contributed by atoms with van der Waals surface area (Å²) in [7, 11) is 1.84. The minimum atomic E-state index is -0.729. The van der Waals surface area contributed by atoms with E-state index in [1.54, 1.807) is 12.3 Å². The van der Waals surface area contributed by atoms with Crippen LogP contribution in [0.3, 0.4) is 0 Å². The molecule has 0 saturated carbocycles. The third-order valence-electron chi connectivity index (χ3n) is 3.31. The third-order valence-corrected chi connectivity index (χ3v) is 3.31. The van der Waals surface area contributed by atoms with E-state index in [4.69, 9.17) is 10.2 Å². The maximum atomic E-state index is 13.5. The molecule has 22 heavy (non-hydrogen) atoms. The number of aromatic nitrogens is 1. The number of primary amides is 1. The second-order valence-corrected chi connectivity index (χ2v) is 4.92. The van der Waals surface area contributed by atoms with Gasteiger partial charge in [-0.2, -0.15) is 0 Å². The Morgan fingerprint density at radius 1 is 1.36 bits per heavy atom. The molecule has 0 aliphatic rings. The van der Waals surface area contributed by atoms with Crippen molar-refractivity contribution in [2.45, 2.75) is 6.54 Å². The number of pyridine rings is 1. The van der Waals surface area contributed by atoms with Crippen LogP contribution in [-0.4, -0.2) is 17.9 Å². The smallest absolute Gasteiger partial charge is 0.252 e. The summed E-state index contributed by atoms with van der Waals surface area (Å²) in [6, 6.07) is 7.77. The van der Waals surface area contributed by atoms with Crippen molar-refractivity contribution >= 4 is 16.9 Å². The van der Waals surface area contributed by atoms with E-state index in [2.05, 4.69) is 10.3 Å². The van der Waals surface area contributed by atoms with Gasteiger partial charge in [0, 0.05) is 23.7 Å². The van der Waals surface area contributed by atoms with Gasteiger partial charge in [0.2, 0.25) is 0 Å². The molecule has 0 atom stereocenters. The van der Waals surface area contributed by atoms with E-state index in [0.29, 0.717) is 17.7 Å². The van der Waals surface area contributed by atoms with Crippen LogP contribution in [0, 0.1) is 5.82 Å². The highest BCUT2D eigenvalue weighted by atomic mass is 19.1. The number of hydrogen-bond acceptors (Lipinski definition) is 4. The molecule has 0 radical (unpaired) electrons. The quantitative estimate of drug-likeness (QED) is 0.775. The lowest BCUT2D eigenvalue weighted by Gasteiger charge is -2.00. The maximum Gasteiger partial charge on any atom is 0.252 e. The topological polar surface area (TPSA) is 81.1 Å². The van der Waals surface area contributed by atoms with E-state index in [1.807, 2.05) is 19.2 Å². The van der Waals surface area contributed by atoms with E-state index in [-0.39, 0.29) is 11.1 Å². The number of nitrogens with one attached hydrogen (secondary N) is 1. The molecule has 2 aromatic heterocycles. The first-order valence-corrected chi connectivity index (χ1v) is 6.71. The van der Waals surface area contributed by atoms with Gasteiger partial charge in [-0.15, -0.1) is 0 Å². The number of nitrogens with zero attached hydrogens (tertiary/aromatic N) is 1. The van der Waals surface area contributed by atoms with Gasteiger partial charge in [0.15, 0.2) is 0 Å². The van der Waals surface area contributed by atoms with Crippen LogP contribution in [0.15, 0.2) is 40.9 Å². The Hall–Kier alpha value is -2.73. The highest BCUT2D eigenvalue weighted by Gasteiger charge is 2.15. The van der Waals surface area contributed by atoms with Crippen LogP contribution in [0.2, 0.25) is 0 Å². The van der Waals surface area contributed by atoms with Crippen molar-refractivity contribution in [3.63, 3.8) is 0 Å². The summed E-state index contributed by atoms with van der Waals surface area (Å²) in [6.45, 7) is 0.664. The van der Waals surface area contributed by atoms with Crippen LogP contribution in [0.5, 0.6) is 0 Å². The van der Waals surface area contributed by atoms with Crippen LogP contribution in [0.4, 0.5) is 4.39 Å². The molecule has 6 heteroatoms. The van der Waals surface area contributed by atoms with Crippen molar-refractivity contribution < 1.29 is 13.6 Å². The lowest BCUT2D eigenvalue weighted by atomic mass is 10.1. The Labute approximate surface area is 125 Å². The summed E-state index contributed by atoms with van der Waals surface area (Å²) >= 11 is 0. The minimum Gasteiger partial charge on any atom is -0.455 e. The molecule has 0 saturated heterocycles. The Kier molecular flexibility index (Phi) is 3.60. The van der Waals surface area contributed by atoms with E-state index < -0.39 is 11.7 Å². The van der Waals surface area contributed by atoms with Gasteiger partial charge in [0.05, 0.1) is 11.3 Å². The number of fused-ring (bicyclic) bond motifs is 1. The summed E-state index contributed by atoms with van der Waals surface area (Å²) in [4.78, 5) is 15.7. The predicted octanol–water partition coefficient (Wildman–Crippen LogP) is 2.45. The van der Waals surface area contributed by atoms with E-state index in [9.17, 15) is 9.18 Å². The zero-order valence-electron chi connectivity index (χ0n) is 11.9. The minimum absolute atomic E-state index is 0.0287. The number of furan rings is 1. The first-order valence-electron chi connectivity index (χ1n) is 6.71. The Morgan fingerprint density at radius 3 is 2.82 bits per heavy atom. The van der Waals surface area contributed by atoms with Crippen LogP contribution >= 0.6 is 0 Å². The van der Waals surface area contributed by atoms with E-state index in [1.165, 1.54) is 6.07 Å². The average Bonchev–Trinajstić information content (AvgIpc) is 2.91. The number of benzene rings is 1. The van der Waals surface area contributed by atoms with Gasteiger partial charge in [0.1, 0.15) is 17.2 Å². The van der Waals surface area contributed by atoms with Crippen molar-refractivity contribution in [1.82, 2.24) is 10.3 Å². The molecule has 0 fully saturated rings. The second-order valence-electron chi connectivity index (χ2n) is 4.92. The molecule has 0 spiro atoms. The molecule has 2 heterocycles. The largest absolute Gasteiger partial charge is 0.455 e. The molecule has 0 unspecified atom stereocenters. The van der Waals surface area contributed by atoms with E-state index >= 15 is 0 Å². The Balaban J connectivity index is 2.08. The molecular weight excluding hydrogens is 285 g/mol. The van der Waals surface area contributed by atoms with Gasteiger partial charge in [-0.25, -0.2) is 4.39 Å². The Morgan fingerprint density at radius 2 is 2.18 bits per heavy atom. The first-order chi connectivity index (χ1) is 10.6. The van der Waals surface area contributed by atoms with Crippen molar-refractivity contribution in [3.05, 3.63) is 53.6 Å². The van der Waals surface area contributed by atoms with Crippen LogP contribution < -0.4 is 11.1 Å². The number of hydrogen-bond donors (Lipinski definition) is 2. The normalized spacial score (nSPS) is 11.0. The number of amides is 1. The highest BCUT2D eigenvalue weighted by molar-refractivity contribution is 6.04. The molecule has 112 valence electrons. The highest BCUT2D eigenvalue weighted by Crippen LogP contribution is 2.30. The molecule has 3 aromatic rings. The summed E-state index contributed by atoms with van der Waals surface area (Å²) in [5.41, 5.74) is 7.21. The number of carbonyl (C=O) groups is 1. The van der Waals surface area contributed by atoms with Gasteiger partial charge in [-0.3, -0.25) is 9.78 Å². The molecular formula is C16H14FN3O2. The standard InChI is InChI=1S/C16H14FN3O2/c1-19-8-12-3-2-9(7-20-12)14-5-10-4-11(17)6-13(16(18)21)15(10)22-14/h2-7,19H,8H2,1H3,(H2,18,21). The van der Waals surface area contributed by atoms with Crippen molar-refractivity contribution in [1.29, 1.82) is 0 Å². The van der Waals surface area contributed by atoms with Crippen molar-refractivity contribution in [3.8, 4) is 11.3 Å². The van der Waals surface area contributed by atoms with Crippen molar-refractivity contribution in [2.75, 3.05) is 7.05 Å². The molecule has 0 aliphatic heterocycles. The molecule has 1 amide bonds. The fraction of sp³-hybridized carbons (Fsp3) is 0.125. The van der Waals surface area contributed by atoms with Crippen LogP contribution in [0.25, 0.3) is 22.3 Å². The van der Waals surface area contributed by atoms with Crippen LogP contribution in [0.1, 0.15) is 16.1 Å². The van der Waals surface area contributed by atoms with Gasteiger partial charge < -0.3 is 15.5 Å². The lowest BCUT2D eigenvalue weighted by molar-refractivity contribution is 0.100. The lowest BCUT2D eigenvalue weighted by Crippen LogP contribution is -2.11. The zero-order valence-corrected chi connectivity index (χ0v) is 11.9. The van der Waals surface area contributed by atoms with Gasteiger partial charge >= 0.3 is 0 Å². The van der Waals surface area contributed by atoms with Gasteiger partial charge in [-0.1, -0.05) is 0 Å². The molecule has 0 bridgehead atoms. The Bertz CT molecular complexity index is 840. The fourth-order valence-electron chi connectivity index (χ4n) is 2.30. The first kappa shape index (κ1) is 14.2. The number of rotatable bonds is 4. The summed E-state index contributed by atoms with van der Waals surface area (Å²) in [5, 5.41) is 3.50. The third kappa shape index (κ3) is 2.56. The van der Waals surface area contributed by atoms with Crippen LogP contribution in [-0.2, 0) is 6.54 Å². The van der Waals surface area contributed by atoms with Gasteiger partial charge in [0.25, 0.3) is 5.91 Å². The molecule has 5 nitrogen and oxygen atoms in total. The second kappa shape index (κ2) is 5.57. The summed E-state index contributed by atoms with van der Waals surface area (Å²) < 4.78 is 19.2. The SMILES string of the molecule is CNCc1ccc(-c2cc3cc(F)cc(C(N)=O)c3o2)cn1. The molecule has 3 rings (SSSR count). The predicted molar refractivity (Wildman–Crippen MR) is 80.7 cm³/mol. The zero-order chi connectivity index (χ0) is 15.7. The molecule has 1 aromatic carbocycles. The van der Waals surface area contributed by atoms with E-state index in [0.717, 1.165) is 17.3 Å². The maximum absolute atomic E-state index is 13.5. The number of halogens is 1. The number of nitrogens with two attached hydrogens (primary N) is 1. The molecule has 3 N–H and O–H groups in total. The van der Waals surface area contributed by atoms with Gasteiger partial charge in [-0.05, 0) is 37.4 Å². The average molecular weight is 299 g/mol. The summed E-state index contributed by atoms with van der Waals surface area (Å²) in [6.07, 6.45) is 1.67. The number of carbonyl (C=O) groups excluding carboxylic acids is 1. The summed E-state index contributed by atoms with van der Waals surface area (Å²) in [5.74, 6) is -0.754. The molecule has 0 aliphatic carbocycles.